The zero-order valence-electron chi connectivity index (χ0n) is 14.6. The molecule has 0 aliphatic rings. The molecule has 2 aromatic carbocycles. The van der Waals surface area contributed by atoms with Crippen molar-refractivity contribution in [1.82, 2.24) is 4.90 Å². The molecule has 0 aromatic heterocycles. The molecule has 0 spiro atoms. The molecule has 0 aliphatic carbocycles. The lowest BCUT2D eigenvalue weighted by atomic mass is 10.1. The van der Waals surface area contributed by atoms with Crippen LogP contribution in [0, 0.1) is 11.3 Å². The predicted octanol–water partition coefficient (Wildman–Crippen LogP) is 4.22. The molecule has 0 fully saturated rings. The van der Waals surface area contributed by atoms with Crippen LogP contribution in [0.15, 0.2) is 61.7 Å². The average molecular weight is 331 g/mol. The molecule has 2 N–H and O–H groups in total. The van der Waals surface area contributed by atoms with Crippen LogP contribution in [0.1, 0.15) is 28.7 Å². The highest BCUT2D eigenvalue weighted by Gasteiger charge is 2.12. The third-order valence-electron chi connectivity index (χ3n) is 4.09. The molecule has 2 aromatic rings. The second-order valence-corrected chi connectivity index (χ2v) is 6.18. The van der Waals surface area contributed by atoms with Gasteiger partial charge >= 0.3 is 0 Å². The van der Waals surface area contributed by atoms with Crippen molar-refractivity contribution in [3.8, 4) is 6.07 Å². The lowest BCUT2D eigenvalue weighted by Gasteiger charge is -2.25. The molecule has 2 rings (SSSR count). The minimum Gasteiger partial charge on any atom is -0.326 e. The van der Waals surface area contributed by atoms with Crippen LogP contribution in [-0.4, -0.2) is 17.5 Å². The van der Waals surface area contributed by atoms with Crippen LogP contribution in [0.4, 0.5) is 0 Å². The summed E-state index contributed by atoms with van der Waals surface area (Å²) in [5.41, 5.74) is 10.7. The fourth-order valence-corrected chi connectivity index (χ4v) is 2.73. The van der Waals surface area contributed by atoms with E-state index in [1.165, 1.54) is 11.1 Å². The number of nitriles is 1. The molecule has 1 unspecified atom stereocenters. The van der Waals surface area contributed by atoms with Crippen molar-refractivity contribution in [3.05, 3.63) is 83.9 Å². The number of nitrogens with zero attached hydrogens (tertiary/aromatic N) is 2. The molecule has 1 atom stereocenters. The van der Waals surface area contributed by atoms with Crippen molar-refractivity contribution in [2.75, 3.05) is 6.54 Å². The Balaban J connectivity index is 2.11. The van der Waals surface area contributed by atoms with Crippen LogP contribution >= 0.6 is 0 Å². The van der Waals surface area contributed by atoms with Crippen molar-refractivity contribution >= 4 is 12.2 Å². The molecule has 0 aliphatic heterocycles. The minimum absolute atomic E-state index is 0.148. The highest BCUT2D eigenvalue weighted by Crippen LogP contribution is 2.14. The maximum Gasteiger partial charge on any atom is 0.0638 e. The molecule has 128 valence electrons. The molecule has 0 saturated heterocycles. The summed E-state index contributed by atoms with van der Waals surface area (Å²) < 4.78 is 0. The van der Waals surface area contributed by atoms with Gasteiger partial charge in [0.2, 0.25) is 0 Å². The first-order valence-corrected chi connectivity index (χ1v) is 8.42. The second-order valence-electron chi connectivity index (χ2n) is 6.18. The molecule has 0 bridgehead atoms. The van der Waals surface area contributed by atoms with Crippen LogP contribution in [0.3, 0.4) is 0 Å². The Kier molecular flexibility index (Phi) is 7.16. The van der Waals surface area contributed by atoms with Crippen molar-refractivity contribution < 1.29 is 0 Å². The van der Waals surface area contributed by atoms with Crippen LogP contribution in [0.5, 0.6) is 0 Å². The van der Waals surface area contributed by atoms with Gasteiger partial charge in [-0.2, -0.15) is 5.26 Å². The largest absolute Gasteiger partial charge is 0.326 e. The monoisotopic (exact) mass is 331 g/mol. The van der Waals surface area contributed by atoms with Gasteiger partial charge in [0.15, 0.2) is 0 Å². The maximum atomic E-state index is 8.88. The van der Waals surface area contributed by atoms with Crippen LogP contribution < -0.4 is 5.73 Å². The Morgan fingerprint density at radius 1 is 0.920 bits per heavy atom. The summed E-state index contributed by atoms with van der Waals surface area (Å²) in [5.74, 6) is 0. The Bertz CT molecular complexity index is 670. The van der Waals surface area contributed by atoms with E-state index in [0.29, 0.717) is 13.0 Å². The van der Waals surface area contributed by atoms with Gasteiger partial charge in [-0.25, -0.2) is 0 Å². The van der Waals surface area contributed by atoms with Gasteiger partial charge in [-0.15, -0.1) is 0 Å². The first-order chi connectivity index (χ1) is 12.1. The molecule has 3 heteroatoms. The van der Waals surface area contributed by atoms with E-state index in [0.717, 1.165) is 24.2 Å². The number of nitrogens with two attached hydrogens (primary N) is 1. The lowest BCUT2D eigenvalue weighted by Crippen LogP contribution is -2.36. The van der Waals surface area contributed by atoms with Gasteiger partial charge in [0.05, 0.1) is 12.5 Å². The van der Waals surface area contributed by atoms with Crippen LogP contribution in [-0.2, 0) is 13.1 Å². The molecule has 0 radical (unpaired) electrons. The number of benzene rings is 2. The molecule has 25 heavy (non-hydrogen) atoms. The minimum atomic E-state index is -0.148. The van der Waals surface area contributed by atoms with E-state index in [2.05, 4.69) is 72.7 Å². The van der Waals surface area contributed by atoms with Crippen LogP contribution in [0.25, 0.3) is 12.2 Å². The second kappa shape index (κ2) is 9.58. The van der Waals surface area contributed by atoms with E-state index in [1.807, 2.05) is 12.2 Å². The normalized spacial score (nSPS) is 11.7. The smallest absolute Gasteiger partial charge is 0.0638 e. The Labute approximate surface area is 150 Å². The molecule has 0 amide bonds. The van der Waals surface area contributed by atoms with Gasteiger partial charge in [-0.1, -0.05) is 73.8 Å². The lowest BCUT2D eigenvalue weighted by molar-refractivity contribution is 0.240. The van der Waals surface area contributed by atoms with E-state index in [4.69, 9.17) is 11.0 Å². The Morgan fingerprint density at radius 2 is 1.36 bits per heavy atom. The van der Waals surface area contributed by atoms with E-state index in [1.54, 1.807) is 0 Å². The summed E-state index contributed by atoms with van der Waals surface area (Å²) in [6.07, 6.45) is 4.04. The standard InChI is InChI=1S/C22H25N3/c1-3-18-5-9-20(10-6-18)15-25(17-22(24)13-14-23)16-21-11-7-19(4-2)8-12-21/h3-12,22H,1-2,13,15-17,24H2. The van der Waals surface area contributed by atoms with Gasteiger partial charge < -0.3 is 5.73 Å². The third kappa shape index (κ3) is 6.04. The number of hydrogen-bond donors (Lipinski definition) is 1. The van der Waals surface area contributed by atoms with Gasteiger partial charge in [0, 0.05) is 25.7 Å². The summed E-state index contributed by atoms with van der Waals surface area (Å²) in [5, 5.41) is 8.88. The fourth-order valence-electron chi connectivity index (χ4n) is 2.73. The predicted molar refractivity (Wildman–Crippen MR) is 105 cm³/mol. The van der Waals surface area contributed by atoms with E-state index >= 15 is 0 Å². The van der Waals surface area contributed by atoms with E-state index < -0.39 is 0 Å². The highest BCUT2D eigenvalue weighted by molar-refractivity contribution is 5.47. The molecular weight excluding hydrogens is 306 g/mol. The summed E-state index contributed by atoms with van der Waals surface area (Å²) in [6.45, 7) is 9.84. The average Bonchev–Trinajstić information content (AvgIpc) is 2.63. The first-order valence-electron chi connectivity index (χ1n) is 8.42. The van der Waals surface area contributed by atoms with Crippen molar-refractivity contribution in [2.24, 2.45) is 5.73 Å². The summed E-state index contributed by atoms with van der Waals surface area (Å²) >= 11 is 0. The van der Waals surface area contributed by atoms with Gasteiger partial charge in [0.25, 0.3) is 0 Å². The summed E-state index contributed by atoms with van der Waals surface area (Å²) in [4.78, 5) is 2.29. The molecule has 0 heterocycles. The van der Waals surface area contributed by atoms with Crippen molar-refractivity contribution in [3.63, 3.8) is 0 Å². The van der Waals surface area contributed by atoms with Crippen molar-refractivity contribution in [1.29, 1.82) is 5.26 Å². The van der Waals surface area contributed by atoms with Crippen LogP contribution in [0.2, 0.25) is 0 Å². The first kappa shape index (κ1) is 18.7. The molecular formula is C22H25N3. The maximum absolute atomic E-state index is 8.88. The number of rotatable bonds is 9. The Morgan fingerprint density at radius 3 is 1.72 bits per heavy atom. The number of hydrogen-bond acceptors (Lipinski definition) is 3. The summed E-state index contributed by atoms with van der Waals surface area (Å²) in [6, 6.07) is 18.7. The van der Waals surface area contributed by atoms with E-state index in [9.17, 15) is 0 Å². The Hall–Kier alpha value is -2.67. The van der Waals surface area contributed by atoms with Gasteiger partial charge in [0.1, 0.15) is 0 Å². The topological polar surface area (TPSA) is 53.0 Å². The SMILES string of the molecule is C=Cc1ccc(CN(Cc2ccc(C=C)cc2)CC(N)CC#N)cc1. The third-order valence-corrected chi connectivity index (χ3v) is 4.09. The van der Waals surface area contributed by atoms with Gasteiger partial charge in [-0.05, 0) is 22.3 Å². The zero-order chi connectivity index (χ0) is 18.1. The fraction of sp³-hybridized carbons (Fsp3) is 0.227. The molecule has 3 nitrogen and oxygen atoms in total. The van der Waals surface area contributed by atoms with Crippen molar-refractivity contribution in [2.45, 2.75) is 25.6 Å². The van der Waals surface area contributed by atoms with Gasteiger partial charge in [-0.3, -0.25) is 4.90 Å². The highest BCUT2D eigenvalue weighted by atomic mass is 15.1. The molecule has 0 saturated carbocycles. The zero-order valence-corrected chi connectivity index (χ0v) is 14.6. The quantitative estimate of drug-likeness (QED) is 0.748. The van der Waals surface area contributed by atoms with E-state index in [-0.39, 0.29) is 6.04 Å². The summed E-state index contributed by atoms with van der Waals surface area (Å²) in [7, 11) is 0.